The largest absolute Gasteiger partial charge is 0.456 e. The molecule has 0 unspecified atom stereocenters. The minimum absolute atomic E-state index is 0.0344. The van der Waals surface area contributed by atoms with E-state index in [1.807, 2.05) is 72.8 Å². The molecule has 4 heteroatoms. The van der Waals surface area contributed by atoms with Gasteiger partial charge in [-0.25, -0.2) is 15.0 Å². The van der Waals surface area contributed by atoms with Crippen LogP contribution in [-0.4, -0.2) is 15.0 Å². The Morgan fingerprint density at radius 1 is 0.362 bits per heavy atom. The van der Waals surface area contributed by atoms with Crippen molar-refractivity contribution < 1.29 is 4.42 Å². The third-order valence-corrected chi connectivity index (χ3v) is 11.8. The number of aromatic nitrogens is 3. The molecule has 2 aromatic heterocycles. The van der Waals surface area contributed by atoms with Crippen LogP contribution in [0.2, 0.25) is 0 Å². The summed E-state index contributed by atoms with van der Waals surface area (Å²) >= 11 is 0. The molecule has 4 nitrogen and oxygen atoms in total. The van der Waals surface area contributed by atoms with E-state index >= 15 is 0 Å². The molecular weight excluding hydrogens is 707 g/mol. The zero-order valence-corrected chi connectivity index (χ0v) is 32.1. The Bertz CT molecular complexity index is 3120. The highest BCUT2D eigenvalue weighted by Crippen LogP contribution is 2.52. The fraction of sp³-hybridized carbons (Fsp3) is 0.0556. The topological polar surface area (TPSA) is 51.8 Å². The van der Waals surface area contributed by atoms with Gasteiger partial charge < -0.3 is 4.42 Å². The molecule has 8 aromatic carbocycles. The molecule has 0 bridgehead atoms. The molecule has 0 amide bonds. The van der Waals surface area contributed by atoms with Crippen LogP contribution in [0.15, 0.2) is 192 Å². The van der Waals surface area contributed by atoms with Crippen molar-refractivity contribution in [3.63, 3.8) is 0 Å². The van der Waals surface area contributed by atoms with Crippen LogP contribution in [0.25, 0.3) is 101 Å². The molecule has 0 saturated carbocycles. The first-order chi connectivity index (χ1) is 28.5. The third-order valence-electron chi connectivity index (χ3n) is 11.8. The summed E-state index contributed by atoms with van der Waals surface area (Å²) in [5, 5.41) is 2.00. The molecule has 2 heterocycles. The fourth-order valence-corrected chi connectivity index (χ4v) is 8.84. The number of hydrogen-bond donors (Lipinski definition) is 0. The van der Waals surface area contributed by atoms with E-state index in [1.54, 1.807) is 0 Å². The summed E-state index contributed by atoms with van der Waals surface area (Å²) in [7, 11) is 0. The minimum Gasteiger partial charge on any atom is -0.456 e. The van der Waals surface area contributed by atoms with E-state index in [4.69, 9.17) is 19.4 Å². The van der Waals surface area contributed by atoms with E-state index in [9.17, 15) is 0 Å². The lowest BCUT2D eigenvalue weighted by atomic mass is 9.82. The van der Waals surface area contributed by atoms with Crippen LogP contribution in [0.4, 0.5) is 0 Å². The van der Waals surface area contributed by atoms with Gasteiger partial charge in [0.1, 0.15) is 11.2 Å². The molecule has 1 aliphatic carbocycles. The molecule has 0 atom stereocenters. The summed E-state index contributed by atoms with van der Waals surface area (Å²) in [6.45, 7) is 4.67. The van der Waals surface area contributed by atoms with Crippen molar-refractivity contribution in [2.24, 2.45) is 0 Å². The van der Waals surface area contributed by atoms with Crippen LogP contribution in [0.3, 0.4) is 0 Å². The van der Waals surface area contributed by atoms with Crippen LogP contribution >= 0.6 is 0 Å². The number of fused-ring (bicyclic) bond motifs is 6. The Kier molecular flexibility index (Phi) is 7.80. The summed E-state index contributed by atoms with van der Waals surface area (Å²) in [6.07, 6.45) is 0. The Balaban J connectivity index is 0.969. The highest BCUT2D eigenvalue weighted by Gasteiger charge is 2.36. The summed E-state index contributed by atoms with van der Waals surface area (Å²) in [6, 6.07) is 66.2. The van der Waals surface area contributed by atoms with Crippen molar-refractivity contribution in [2.45, 2.75) is 19.3 Å². The number of benzene rings is 8. The number of rotatable bonds is 6. The molecule has 0 aliphatic heterocycles. The molecule has 10 aromatic rings. The van der Waals surface area contributed by atoms with Crippen molar-refractivity contribution in [1.29, 1.82) is 0 Å². The molecule has 58 heavy (non-hydrogen) atoms. The molecular formula is C54H37N3O. The summed E-state index contributed by atoms with van der Waals surface area (Å²) < 4.78 is 6.45. The second-order valence-electron chi connectivity index (χ2n) is 15.6. The maximum absolute atomic E-state index is 6.45. The lowest BCUT2D eigenvalue weighted by Gasteiger charge is -2.21. The quantitative estimate of drug-likeness (QED) is 0.170. The summed E-state index contributed by atoms with van der Waals surface area (Å²) in [4.78, 5) is 15.0. The zero-order valence-electron chi connectivity index (χ0n) is 32.1. The van der Waals surface area contributed by atoms with Crippen molar-refractivity contribution in [3.8, 4) is 78.7 Å². The lowest BCUT2D eigenvalue weighted by molar-refractivity contribution is 0.660. The van der Waals surface area contributed by atoms with Crippen molar-refractivity contribution in [1.82, 2.24) is 15.0 Å². The summed E-state index contributed by atoms with van der Waals surface area (Å²) in [5.41, 5.74) is 16.9. The standard InChI is InChI=1S/C54H37N3O/c1-54(2)45-23-10-9-20-42(45)49-41(21-12-24-46(49)54)40-19-11-18-38(32-40)34-26-28-35(29-27-34)39-30-31-47-44(33-39)50-43(22-13-25-48(50)58-47)53-56-51(36-14-5-3-6-15-36)55-52(57-53)37-16-7-4-8-17-37/h3-33H,1-2H3. The third kappa shape index (κ3) is 5.56. The van der Waals surface area contributed by atoms with Crippen LogP contribution in [0, 0.1) is 0 Å². The van der Waals surface area contributed by atoms with Crippen LogP contribution < -0.4 is 0 Å². The van der Waals surface area contributed by atoms with E-state index in [0.717, 1.165) is 49.8 Å². The fourth-order valence-electron chi connectivity index (χ4n) is 8.84. The van der Waals surface area contributed by atoms with E-state index in [2.05, 4.69) is 129 Å². The van der Waals surface area contributed by atoms with Crippen LogP contribution in [0.1, 0.15) is 25.0 Å². The van der Waals surface area contributed by atoms with Gasteiger partial charge in [0, 0.05) is 32.9 Å². The van der Waals surface area contributed by atoms with Crippen molar-refractivity contribution in [3.05, 3.63) is 199 Å². The average Bonchev–Trinajstić information content (AvgIpc) is 3.78. The maximum Gasteiger partial charge on any atom is 0.164 e. The van der Waals surface area contributed by atoms with Crippen molar-refractivity contribution >= 4 is 21.9 Å². The predicted molar refractivity (Wildman–Crippen MR) is 237 cm³/mol. The Hall–Kier alpha value is -7.43. The smallest absolute Gasteiger partial charge is 0.164 e. The molecule has 0 radical (unpaired) electrons. The molecule has 274 valence electrons. The van der Waals surface area contributed by atoms with Gasteiger partial charge in [-0.3, -0.25) is 0 Å². The Labute approximate surface area is 337 Å². The monoisotopic (exact) mass is 743 g/mol. The van der Waals surface area contributed by atoms with Gasteiger partial charge in [-0.2, -0.15) is 0 Å². The second kappa shape index (κ2) is 13.4. The van der Waals surface area contributed by atoms with Gasteiger partial charge in [0.15, 0.2) is 17.5 Å². The van der Waals surface area contributed by atoms with E-state index in [1.165, 1.54) is 44.5 Å². The molecule has 1 aliphatic rings. The zero-order chi connectivity index (χ0) is 38.8. The van der Waals surface area contributed by atoms with Gasteiger partial charge in [0.05, 0.1) is 0 Å². The molecule has 0 spiro atoms. The number of furan rings is 1. The second-order valence-corrected chi connectivity index (χ2v) is 15.6. The lowest BCUT2D eigenvalue weighted by Crippen LogP contribution is -2.14. The van der Waals surface area contributed by atoms with Crippen LogP contribution in [-0.2, 0) is 5.41 Å². The van der Waals surface area contributed by atoms with E-state index < -0.39 is 0 Å². The van der Waals surface area contributed by atoms with E-state index in [-0.39, 0.29) is 5.41 Å². The molecule has 0 N–H and O–H groups in total. The SMILES string of the molecule is CC1(C)c2ccccc2-c2c(-c3cccc(-c4ccc(-c5ccc6oc7cccc(-c8nc(-c9ccccc9)nc(-c9ccccc9)n8)c7c6c5)cc4)c3)cccc21. The first-order valence-electron chi connectivity index (χ1n) is 19.8. The van der Waals surface area contributed by atoms with Gasteiger partial charge >= 0.3 is 0 Å². The molecule has 0 fully saturated rings. The minimum atomic E-state index is -0.0344. The van der Waals surface area contributed by atoms with Gasteiger partial charge in [0.25, 0.3) is 0 Å². The maximum atomic E-state index is 6.45. The summed E-state index contributed by atoms with van der Waals surface area (Å²) in [5.74, 6) is 1.86. The first-order valence-corrected chi connectivity index (χ1v) is 19.8. The van der Waals surface area contributed by atoms with Gasteiger partial charge in [0.2, 0.25) is 0 Å². The van der Waals surface area contributed by atoms with Crippen LogP contribution in [0.5, 0.6) is 0 Å². The number of hydrogen-bond acceptors (Lipinski definition) is 4. The first kappa shape index (κ1) is 33.9. The Morgan fingerprint density at radius 2 is 0.879 bits per heavy atom. The highest BCUT2D eigenvalue weighted by atomic mass is 16.3. The Morgan fingerprint density at radius 3 is 1.60 bits per heavy atom. The van der Waals surface area contributed by atoms with E-state index in [0.29, 0.717) is 17.5 Å². The highest BCUT2D eigenvalue weighted by molar-refractivity contribution is 6.12. The van der Waals surface area contributed by atoms with Gasteiger partial charge in [-0.15, -0.1) is 0 Å². The molecule has 11 rings (SSSR count). The van der Waals surface area contributed by atoms with Gasteiger partial charge in [-0.1, -0.05) is 178 Å². The van der Waals surface area contributed by atoms with Gasteiger partial charge in [-0.05, 0) is 79.9 Å². The van der Waals surface area contributed by atoms with Crippen molar-refractivity contribution in [2.75, 3.05) is 0 Å². The normalized spacial score (nSPS) is 12.8. The number of nitrogens with zero attached hydrogens (tertiary/aromatic N) is 3. The average molecular weight is 744 g/mol. The predicted octanol–water partition coefficient (Wildman–Crippen LogP) is 14.1. The molecule has 0 saturated heterocycles.